The molecule has 0 saturated carbocycles. The number of aromatic nitrogens is 2. The summed E-state index contributed by atoms with van der Waals surface area (Å²) >= 11 is 0. The fourth-order valence-corrected chi connectivity index (χ4v) is 1.07. The number of phenols is 1. The van der Waals surface area contributed by atoms with Gasteiger partial charge in [0.15, 0.2) is 11.6 Å². The van der Waals surface area contributed by atoms with Crippen molar-refractivity contribution in [2.75, 3.05) is 0 Å². The number of rotatable bonds is 1. The molecule has 1 N–H and O–H groups in total. The highest BCUT2D eigenvalue weighted by Crippen LogP contribution is 2.18. The van der Waals surface area contributed by atoms with Crippen LogP contribution in [0.25, 0.3) is 5.69 Å². The fourth-order valence-electron chi connectivity index (χ4n) is 1.07. The molecule has 1 heterocycles. The zero-order valence-electron chi connectivity index (χ0n) is 6.68. The molecule has 66 valence electrons. The normalized spacial score (nSPS) is 10.2. The van der Waals surface area contributed by atoms with Crippen molar-refractivity contribution in [3.63, 3.8) is 0 Å². The molecule has 0 fully saturated rings. The third kappa shape index (κ3) is 1.38. The third-order valence-electron chi connectivity index (χ3n) is 1.70. The first-order valence-corrected chi connectivity index (χ1v) is 3.76. The summed E-state index contributed by atoms with van der Waals surface area (Å²) in [6.45, 7) is 0. The molecule has 0 saturated heterocycles. The van der Waals surface area contributed by atoms with Gasteiger partial charge in [-0.25, -0.2) is 9.07 Å². The highest BCUT2D eigenvalue weighted by atomic mass is 19.1. The molecule has 3 nitrogen and oxygen atoms in total. The van der Waals surface area contributed by atoms with E-state index in [9.17, 15) is 4.39 Å². The van der Waals surface area contributed by atoms with Crippen molar-refractivity contribution in [3.05, 3.63) is 42.5 Å². The largest absolute Gasteiger partial charge is 0.505 e. The van der Waals surface area contributed by atoms with Crippen LogP contribution in [0.15, 0.2) is 36.7 Å². The van der Waals surface area contributed by atoms with E-state index in [0.717, 1.165) is 0 Å². The maximum Gasteiger partial charge on any atom is 0.164 e. The Hall–Kier alpha value is -1.84. The molecule has 0 unspecified atom stereocenters. The van der Waals surface area contributed by atoms with E-state index in [1.165, 1.54) is 12.1 Å². The summed E-state index contributed by atoms with van der Waals surface area (Å²) < 4.78 is 14.2. The zero-order valence-corrected chi connectivity index (χ0v) is 6.68. The fraction of sp³-hybridized carbons (Fsp3) is 0. The van der Waals surface area contributed by atoms with Crippen LogP contribution in [-0.2, 0) is 0 Å². The van der Waals surface area contributed by atoms with Crippen molar-refractivity contribution in [3.8, 4) is 11.4 Å². The molecule has 0 aliphatic carbocycles. The molecule has 2 rings (SSSR count). The lowest BCUT2D eigenvalue weighted by molar-refractivity contribution is 0.432. The van der Waals surface area contributed by atoms with E-state index in [2.05, 4.69) is 5.10 Å². The Balaban J connectivity index is 2.49. The van der Waals surface area contributed by atoms with Crippen LogP contribution in [0.4, 0.5) is 4.39 Å². The molecule has 0 spiro atoms. The molecule has 0 bridgehead atoms. The van der Waals surface area contributed by atoms with Crippen LogP contribution in [0.5, 0.6) is 5.75 Å². The van der Waals surface area contributed by atoms with E-state index in [1.807, 2.05) is 0 Å². The number of nitrogens with zero attached hydrogens (tertiary/aromatic N) is 2. The highest BCUT2D eigenvalue weighted by molar-refractivity contribution is 5.38. The van der Waals surface area contributed by atoms with Gasteiger partial charge < -0.3 is 5.11 Å². The van der Waals surface area contributed by atoms with Gasteiger partial charge in [-0.2, -0.15) is 5.10 Å². The number of hydrogen-bond acceptors (Lipinski definition) is 2. The van der Waals surface area contributed by atoms with E-state index in [1.54, 1.807) is 29.2 Å². The second-order valence-electron chi connectivity index (χ2n) is 2.59. The smallest absolute Gasteiger partial charge is 0.164 e. The summed E-state index contributed by atoms with van der Waals surface area (Å²) in [5, 5.41) is 13.0. The predicted molar refractivity (Wildman–Crippen MR) is 45.2 cm³/mol. The van der Waals surface area contributed by atoms with Gasteiger partial charge in [0.05, 0.1) is 5.69 Å². The molecule has 2 aromatic rings. The van der Waals surface area contributed by atoms with Gasteiger partial charge in [0, 0.05) is 18.5 Å². The number of halogens is 1. The van der Waals surface area contributed by atoms with Crippen LogP contribution < -0.4 is 0 Å². The van der Waals surface area contributed by atoms with Crippen molar-refractivity contribution >= 4 is 0 Å². The van der Waals surface area contributed by atoms with Gasteiger partial charge in [-0.1, -0.05) is 0 Å². The number of hydrogen-bond donors (Lipinski definition) is 1. The molecule has 4 heteroatoms. The van der Waals surface area contributed by atoms with E-state index >= 15 is 0 Å². The standard InChI is InChI=1S/C9H7FN2O/c10-8-3-2-7(6-9(8)13)12-5-1-4-11-12/h1-6,13H. The Labute approximate surface area is 74.1 Å². The summed E-state index contributed by atoms with van der Waals surface area (Å²) in [5.74, 6) is -0.996. The molecule has 0 amide bonds. The lowest BCUT2D eigenvalue weighted by Crippen LogP contribution is -1.93. The minimum Gasteiger partial charge on any atom is -0.505 e. The molecule has 0 atom stereocenters. The molecule has 13 heavy (non-hydrogen) atoms. The second kappa shape index (κ2) is 2.90. The van der Waals surface area contributed by atoms with Crippen LogP contribution >= 0.6 is 0 Å². The Kier molecular flexibility index (Phi) is 1.73. The van der Waals surface area contributed by atoms with Crippen LogP contribution in [-0.4, -0.2) is 14.9 Å². The van der Waals surface area contributed by atoms with Gasteiger partial charge in [0.25, 0.3) is 0 Å². The molecule has 1 aromatic heterocycles. The van der Waals surface area contributed by atoms with E-state index in [4.69, 9.17) is 5.11 Å². The SMILES string of the molecule is Oc1cc(-n2cccn2)ccc1F. The van der Waals surface area contributed by atoms with Crippen molar-refractivity contribution in [2.45, 2.75) is 0 Å². The average Bonchev–Trinajstić information content (AvgIpc) is 2.62. The molecule has 0 aliphatic rings. The van der Waals surface area contributed by atoms with Gasteiger partial charge in [-0.15, -0.1) is 0 Å². The predicted octanol–water partition coefficient (Wildman–Crippen LogP) is 1.72. The Bertz CT molecular complexity index is 412. The van der Waals surface area contributed by atoms with Crippen LogP contribution in [0.3, 0.4) is 0 Å². The molecular formula is C9H7FN2O. The molecule has 1 aromatic carbocycles. The van der Waals surface area contributed by atoms with E-state index in [-0.39, 0.29) is 5.75 Å². The Morgan fingerprint density at radius 1 is 1.38 bits per heavy atom. The van der Waals surface area contributed by atoms with Gasteiger partial charge in [-0.3, -0.25) is 0 Å². The van der Waals surface area contributed by atoms with Gasteiger partial charge >= 0.3 is 0 Å². The molecule has 0 radical (unpaired) electrons. The van der Waals surface area contributed by atoms with Crippen LogP contribution in [0.1, 0.15) is 0 Å². The first-order chi connectivity index (χ1) is 6.27. The second-order valence-corrected chi connectivity index (χ2v) is 2.59. The topological polar surface area (TPSA) is 38.0 Å². The Morgan fingerprint density at radius 2 is 2.23 bits per heavy atom. The first-order valence-electron chi connectivity index (χ1n) is 3.76. The number of benzene rings is 1. The van der Waals surface area contributed by atoms with E-state index in [0.29, 0.717) is 5.69 Å². The summed E-state index contributed by atoms with van der Waals surface area (Å²) in [4.78, 5) is 0. The van der Waals surface area contributed by atoms with Crippen LogP contribution in [0.2, 0.25) is 0 Å². The third-order valence-corrected chi connectivity index (χ3v) is 1.70. The minimum atomic E-state index is -0.629. The first kappa shape index (κ1) is 7.79. The van der Waals surface area contributed by atoms with Gasteiger partial charge in [0.1, 0.15) is 0 Å². The lowest BCUT2D eigenvalue weighted by atomic mass is 10.3. The summed E-state index contributed by atoms with van der Waals surface area (Å²) in [6, 6.07) is 5.82. The number of aromatic hydroxyl groups is 1. The average molecular weight is 178 g/mol. The zero-order chi connectivity index (χ0) is 9.26. The lowest BCUT2D eigenvalue weighted by Gasteiger charge is -2.01. The summed E-state index contributed by atoms with van der Waals surface area (Å²) in [6.07, 6.45) is 3.33. The minimum absolute atomic E-state index is 0.368. The van der Waals surface area contributed by atoms with Gasteiger partial charge in [-0.05, 0) is 18.2 Å². The Morgan fingerprint density at radius 3 is 2.85 bits per heavy atom. The highest BCUT2D eigenvalue weighted by Gasteiger charge is 2.02. The maximum absolute atomic E-state index is 12.7. The van der Waals surface area contributed by atoms with Crippen molar-refractivity contribution in [1.82, 2.24) is 9.78 Å². The summed E-state index contributed by atoms with van der Waals surface area (Å²) in [5.41, 5.74) is 0.629. The quantitative estimate of drug-likeness (QED) is 0.721. The number of phenolic OH excluding ortho intramolecular Hbond substituents is 1. The molecular weight excluding hydrogens is 171 g/mol. The summed E-state index contributed by atoms with van der Waals surface area (Å²) in [7, 11) is 0. The maximum atomic E-state index is 12.7. The van der Waals surface area contributed by atoms with Crippen LogP contribution in [0, 0.1) is 5.82 Å². The van der Waals surface area contributed by atoms with Crippen molar-refractivity contribution < 1.29 is 9.50 Å². The van der Waals surface area contributed by atoms with E-state index < -0.39 is 5.82 Å². The van der Waals surface area contributed by atoms with Crippen molar-refractivity contribution in [2.24, 2.45) is 0 Å². The molecule has 0 aliphatic heterocycles. The monoisotopic (exact) mass is 178 g/mol. The van der Waals surface area contributed by atoms with Crippen molar-refractivity contribution in [1.29, 1.82) is 0 Å². The van der Waals surface area contributed by atoms with Gasteiger partial charge in [0.2, 0.25) is 0 Å².